The molecule has 2 aromatic rings. The Balaban J connectivity index is 1.73. The molecule has 1 aromatic carbocycles. The maximum atomic E-state index is 14.6. The van der Waals surface area contributed by atoms with Crippen LogP contribution in [0.15, 0.2) is 50.5 Å². The first-order valence-electron chi connectivity index (χ1n) is 11.5. The zero-order chi connectivity index (χ0) is 26.5. The van der Waals surface area contributed by atoms with Gasteiger partial charge in [0.15, 0.2) is 10.8 Å². The van der Waals surface area contributed by atoms with Gasteiger partial charge in [0.05, 0.1) is 18.3 Å². The van der Waals surface area contributed by atoms with Crippen molar-refractivity contribution in [2.75, 3.05) is 32.8 Å². The van der Waals surface area contributed by atoms with Crippen molar-refractivity contribution in [3.8, 4) is 0 Å². The highest BCUT2D eigenvalue weighted by Crippen LogP contribution is 2.37. The van der Waals surface area contributed by atoms with E-state index in [-0.39, 0.29) is 38.2 Å². The molecule has 2 N–H and O–H groups in total. The summed E-state index contributed by atoms with van der Waals surface area (Å²) in [6.07, 6.45) is -0.154. The SMILES string of the molecule is CCOC(=O)C1=C(CN2CC(F)CC(OCC(=O)O)C2)NC(c2nccs2)=NC1c1ccc(F)cc1Br. The second kappa shape index (κ2) is 12.2. The predicted molar refractivity (Wildman–Crippen MR) is 136 cm³/mol. The lowest BCUT2D eigenvalue weighted by Gasteiger charge is -2.36. The molecule has 13 heteroatoms. The Kier molecular flexibility index (Phi) is 9.00. The van der Waals surface area contributed by atoms with Crippen LogP contribution in [0.3, 0.4) is 0 Å². The highest BCUT2D eigenvalue weighted by atomic mass is 79.9. The number of halogens is 3. The molecule has 0 saturated carbocycles. The monoisotopic (exact) mass is 598 g/mol. The van der Waals surface area contributed by atoms with E-state index in [0.29, 0.717) is 26.6 Å². The molecule has 1 saturated heterocycles. The number of esters is 1. The lowest BCUT2D eigenvalue weighted by molar-refractivity contribution is -0.146. The largest absolute Gasteiger partial charge is 0.480 e. The van der Waals surface area contributed by atoms with Crippen LogP contribution in [0.4, 0.5) is 8.78 Å². The van der Waals surface area contributed by atoms with Gasteiger partial charge in [-0.15, -0.1) is 11.3 Å². The minimum Gasteiger partial charge on any atom is -0.480 e. The maximum absolute atomic E-state index is 14.6. The van der Waals surface area contributed by atoms with Crippen molar-refractivity contribution < 1.29 is 33.0 Å². The first kappa shape index (κ1) is 27.3. The first-order valence-corrected chi connectivity index (χ1v) is 13.2. The molecule has 4 rings (SSSR count). The van der Waals surface area contributed by atoms with E-state index in [1.165, 1.54) is 23.5 Å². The van der Waals surface area contributed by atoms with Gasteiger partial charge in [0.2, 0.25) is 0 Å². The Morgan fingerprint density at radius 3 is 2.84 bits per heavy atom. The Bertz CT molecular complexity index is 1210. The summed E-state index contributed by atoms with van der Waals surface area (Å²) in [7, 11) is 0. The van der Waals surface area contributed by atoms with E-state index < -0.39 is 42.7 Å². The standard InChI is InChI=1S/C24H25BrF2N4O5S/c1-2-35-24(34)20-18(11-31-9-14(27)7-15(10-31)36-12-19(32)33)29-22(23-28-5-6-37-23)30-21(20)16-4-3-13(26)8-17(16)25/h3-6,8,14-15,21H,2,7,9-12H2,1H3,(H,29,30)(H,32,33). The molecule has 1 aromatic heterocycles. The second-order valence-corrected chi connectivity index (χ2v) is 10.2. The summed E-state index contributed by atoms with van der Waals surface area (Å²) in [6, 6.07) is 3.27. The van der Waals surface area contributed by atoms with Crippen LogP contribution in [0, 0.1) is 5.82 Å². The van der Waals surface area contributed by atoms with E-state index in [2.05, 4.69) is 26.2 Å². The Morgan fingerprint density at radius 1 is 1.35 bits per heavy atom. The van der Waals surface area contributed by atoms with E-state index in [4.69, 9.17) is 19.6 Å². The summed E-state index contributed by atoms with van der Waals surface area (Å²) in [4.78, 5) is 35.0. The molecule has 9 nitrogen and oxygen atoms in total. The number of carbonyl (C=O) groups is 2. The summed E-state index contributed by atoms with van der Waals surface area (Å²) >= 11 is 4.74. The van der Waals surface area contributed by atoms with Crippen LogP contribution < -0.4 is 5.32 Å². The number of hydrogen-bond donors (Lipinski definition) is 2. The van der Waals surface area contributed by atoms with Crippen molar-refractivity contribution in [3.63, 3.8) is 0 Å². The van der Waals surface area contributed by atoms with Gasteiger partial charge in [0.1, 0.15) is 24.6 Å². The number of alkyl halides is 1. The third-order valence-electron chi connectivity index (χ3n) is 5.77. The molecule has 3 heterocycles. The number of aliphatic imine (C=N–C) groups is 1. The van der Waals surface area contributed by atoms with E-state index in [1.54, 1.807) is 29.5 Å². The molecular formula is C24H25BrF2N4O5S. The molecule has 37 heavy (non-hydrogen) atoms. The number of benzene rings is 1. The molecular weight excluding hydrogens is 574 g/mol. The quantitative estimate of drug-likeness (QED) is 0.422. The minimum atomic E-state index is -1.24. The summed E-state index contributed by atoms with van der Waals surface area (Å²) < 4.78 is 39.6. The first-order chi connectivity index (χ1) is 17.7. The van der Waals surface area contributed by atoms with Gasteiger partial charge < -0.3 is 19.9 Å². The van der Waals surface area contributed by atoms with Gasteiger partial charge in [-0.3, -0.25) is 9.89 Å². The summed E-state index contributed by atoms with van der Waals surface area (Å²) in [5.74, 6) is -1.79. The number of amidine groups is 1. The molecule has 0 spiro atoms. The van der Waals surface area contributed by atoms with Gasteiger partial charge in [0.25, 0.3) is 0 Å². The van der Waals surface area contributed by atoms with Gasteiger partial charge in [-0.1, -0.05) is 22.0 Å². The number of carboxylic acid groups (broad SMARTS) is 1. The van der Waals surface area contributed by atoms with Gasteiger partial charge >= 0.3 is 11.9 Å². The van der Waals surface area contributed by atoms with Crippen molar-refractivity contribution in [2.24, 2.45) is 4.99 Å². The fraction of sp³-hybridized carbons (Fsp3) is 0.417. The van der Waals surface area contributed by atoms with Crippen molar-refractivity contribution >= 4 is 45.0 Å². The smallest absolute Gasteiger partial charge is 0.338 e. The number of likely N-dealkylation sites (tertiary alicyclic amines) is 1. The van der Waals surface area contributed by atoms with Crippen LogP contribution in [0.5, 0.6) is 0 Å². The van der Waals surface area contributed by atoms with Crippen LogP contribution in [0.1, 0.15) is 30.0 Å². The van der Waals surface area contributed by atoms with Crippen LogP contribution in [-0.2, 0) is 19.1 Å². The molecule has 198 valence electrons. The molecule has 0 amide bonds. The predicted octanol–water partition coefficient (Wildman–Crippen LogP) is 3.47. The number of rotatable bonds is 9. The topological polar surface area (TPSA) is 113 Å². The number of aromatic nitrogens is 1. The molecule has 0 bridgehead atoms. The number of hydrogen-bond acceptors (Lipinski definition) is 9. The van der Waals surface area contributed by atoms with Crippen LogP contribution in [0.25, 0.3) is 0 Å². The number of thiazole rings is 1. The molecule has 3 atom stereocenters. The molecule has 0 radical (unpaired) electrons. The lowest BCUT2D eigenvalue weighted by Crippen LogP contribution is -2.48. The van der Waals surface area contributed by atoms with Crippen molar-refractivity contribution in [1.82, 2.24) is 15.2 Å². The Labute approximate surface area is 224 Å². The third-order valence-corrected chi connectivity index (χ3v) is 7.24. The van der Waals surface area contributed by atoms with Crippen molar-refractivity contribution in [2.45, 2.75) is 31.7 Å². The van der Waals surface area contributed by atoms with Crippen LogP contribution >= 0.6 is 27.3 Å². The third kappa shape index (κ3) is 6.78. The second-order valence-electron chi connectivity index (χ2n) is 8.47. The summed E-state index contributed by atoms with van der Waals surface area (Å²) in [5.41, 5.74) is 1.19. The van der Waals surface area contributed by atoms with Crippen molar-refractivity contribution in [1.29, 1.82) is 0 Å². The number of piperidine rings is 1. The molecule has 0 aliphatic carbocycles. The van der Waals surface area contributed by atoms with Gasteiger partial charge in [-0.25, -0.2) is 23.4 Å². The van der Waals surface area contributed by atoms with Gasteiger partial charge in [0, 0.05) is 47.8 Å². The minimum absolute atomic E-state index is 0.0723. The summed E-state index contributed by atoms with van der Waals surface area (Å²) in [6.45, 7) is 1.73. The summed E-state index contributed by atoms with van der Waals surface area (Å²) in [5, 5.41) is 14.5. The number of carbonyl (C=O) groups excluding carboxylic acids is 1. The number of aliphatic carboxylic acids is 1. The zero-order valence-electron chi connectivity index (χ0n) is 19.8. The Hall–Kier alpha value is -2.74. The molecule has 2 aliphatic heterocycles. The van der Waals surface area contributed by atoms with E-state index >= 15 is 0 Å². The Morgan fingerprint density at radius 2 is 2.16 bits per heavy atom. The van der Waals surface area contributed by atoms with E-state index in [0.717, 1.165) is 0 Å². The highest BCUT2D eigenvalue weighted by Gasteiger charge is 2.36. The number of nitrogens with zero attached hydrogens (tertiary/aromatic N) is 3. The number of ether oxygens (including phenoxy) is 2. The van der Waals surface area contributed by atoms with Crippen LogP contribution in [0.2, 0.25) is 0 Å². The average Bonchev–Trinajstić information content (AvgIpc) is 3.37. The van der Waals surface area contributed by atoms with Gasteiger partial charge in [-0.2, -0.15) is 0 Å². The normalized spacial score (nSPS) is 22.4. The highest BCUT2D eigenvalue weighted by molar-refractivity contribution is 9.10. The zero-order valence-corrected chi connectivity index (χ0v) is 22.2. The fourth-order valence-electron chi connectivity index (χ4n) is 4.31. The maximum Gasteiger partial charge on any atom is 0.338 e. The molecule has 2 aliphatic rings. The van der Waals surface area contributed by atoms with Gasteiger partial charge in [-0.05, 0) is 24.6 Å². The molecule has 3 unspecified atom stereocenters. The van der Waals surface area contributed by atoms with E-state index in [9.17, 15) is 18.4 Å². The number of nitrogens with one attached hydrogen (secondary N) is 1. The molecule has 1 fully saturated rings. The number of carboxylic acids is 1. The fourth-order valence-corrected chi connectivity index (χ4v) is 5.46. The van der Waals surface area contributed by atoms with Crippen molar-refractivity contribution in [3.05, 3.63) is 61.9 Å². The van der Waals surface area contributed by atoms with Crippen LogP contribution in [-0.4, -0.2) is 77.9 Å². The lowest BCUT2D eigenvalue weighted by atomic mass is 9.95. The average molecular weight is 599 g/mol. The van der Waals surface area contributed by atoms with E-state index in [1.807, 2.05) is 0 Å².